The van der Waals surface area contributed by atoms with Crippen molar-refractivity contribution in [3.05, 3.63) is 22.4 Å². The van der Waals surface area contributed by atoms with Crippen molar-refractivity contribution in [1.82, 2.24) is 5.32 Å². The average molecular weight is 240 g/mol. The normalized spacial score (nSPS) is 23.3. The second kappa shape index (κ2) is 5.03. The molecule has 0 aliphatic carbocycles. The number of thioether (sulfide) groups is 1. The third kappa shape index (κ3) is 2.98. The van der Waals surface area contributed by atoms with Crippen LogP contribution in [-0.2, 0) is 0 Å². The van der Waals surface area contributed by atoms with E-state index in [2.05, 4.69) is 41.7 Å². The molecule has 1 aliphatic heterocycles. The van der Waals surface area contributed by atoms with E-state index >= 15 is 0 Å². The minimum absolute atomic E-state index is 0.376. The Kier molecular flexibility index (Phi) is 3.70. The molecule has 0 amide bonds. The first kappa shape index (κ1) is 11.0. The lowest BCUT2D eigenvalue weighted by molar-refractivity contribution is 0.688. The van der Waals surface area contributed by atoms with Crippen LogP contribution in [0, 0.1) is 0 Å². The van der Waals surface area contributed by atoms with Gasteiger partial charge in [-0.15, -0.1) is 11.3 Å². The van der Waals surface area contributed by atoms with Gasteiger partial charge in [-0.25, -0.2) is 0 Å². The SMILES string of the molecule is CC1CCSC(NC(C)c2cccs2)=N1. The van der Waals surface area contributed by atoms with E-state index in [1.54, 1.807) is 11.3 Å². The summed E-state index contributed by atoms with van der Waals surface area (Å²) in [6.45, 7) is 4.37. The highest BCUT2D eigenvalue weighted by Gasteiger charge is 2.14. The summed E-state index contributed by atoms with van der Waals surface area (Å²) in [5, 5.41) is 6.70. The third-order valence-corrected chi connectivity index (χ3v) is 4.41. The van der Waals surface area contributed by atoms with E-state index < -0.39 is 0 Å². The van der Waals surface area contributed by atoms with Crippen LogP contribution in [0.25, 0.3) is 0 Å². The zero-order valence-corrected chi connectivity index (χ0v) is 10.7. The molecule has 15 heavy (non-hydrogen) atoms. The Bertz CT molecular complexity index is 332. The molecular weight excluding hydrogens is 224 g/mol. The molecule has 2 nitrogen and oxygen atoms in total. The van der Waals surface area contributed by atoms with E-state index in [-0.39, 0.29) is 0 Å². The van der Waals surface area contributed by atoms with Gasteiger partial charge < -0.3 is 5.32 Å². The molecule has 0 radical (unpaired) electrons. The highest BCUT2D eigenvalue weighted by atomic mass is 32.2. The number of nitrogens with zero attached hydrogens (tertiary/aromatic N) is 1. The molecule has 4 heteroatoms. The Morgan fingerprint density at radius 2 is 2.47 bits per heavy atom. The highest BCUT2D eigenvalue weighted by molar-refractivity contribution is 8.13. The van der Waals surface area contributed by atoms with Crippen LogP contribution in [0.1, 0.15) is 31.2 Å². The summed E-state index contributed by atoms with van der Waals surface area (Å²) in [5.74, 6) is 1.18. The monoisotopic (exact) mass is 240 g/mol. The van der Waals surface area contributed by atoms with Crippen molar-refractivity contribution in [3.63, 3.8) is 0 Å². The topological polar surface area (TPSA) is 24.4 Å². The summed E-state index contributed by atoms with van der Waals surface area (Å²) in [6, 6.07) is 5.11. The Morgan fingerprint density at radius 3 is 3.13 bits per heavy atom. The van der Waals surface area contributed by atoms with Crippen LogP contribution < -0.4 is 5.32 Å². The highest BCUT2D eigenvalue weighted by Crippen LogP contribution is 2.22. The molecule has 0 fully saturated rings. The predicted octanol–water partition coefficient (Wildman–Crippen LogP) is 3.28. The van der Waals surface area contributed by atoms with Crippen LogP contribution in [0.4, 0.5) is 0 Å². The Morgan fingerprint density at radius 1 is 1.60 bits per heavy atom. The second-order valence-corrected chi connectivity index (χ2v) is 5.86. The largest absolute Gasteiger partial charge is 0.358 e. The molecule has 0 spiro atoms. The van der Waals surface area contributed by atoms with Gasteiger partial charge >= 0.3 is 0 Å². The summed E-state index contributed by atoms with van der Waals surface area (Å²) < 4.78 is 0. The number of amidine groups is 1. The van der Waals surface area contributed by atoms with Crippen molar-refractivity contribution in [2.24, 2.45) is 4.99 Å². The number of hydrogen-bond acceptors (Lipinski definition) is 4. The lowest BCUT2D eigenvalue weighted by atomic mass is 10.3. The van der Waals surface area contributed by atoms with E-state index in [0.717, 1.165) is 5.17 Å². The van der Waals surface area contributed by atoms with E-state index in [1.807, 2.05) is 11.8 Å². The molecule has 0 saturated heterocycles. The lowest BCUT2D eigenvalue weighted by Gasteiger charge is -2.20. The van der Waals surface area contributed by atoms with Crippen molar-refractivity contribution >= 4 is 28.3 Å². The van der Waals surface area contributed by atoms with Crippen LogP contribution in [0.15, 0.2) is 22.5 Å². The predicted molar refractivity (Wildman–Crippen MR) is 69.8 cm³/mol. The van der Waals surface area contributed by atoms with E-state index in [1.165, 1.54) is 17.1 Å². The molecule has 0 bridgehead atoms. The molecule has 82 valence electrons. The van der Waals surface area contributed by atoms with Crippen LogP contribution in [0.3, 0.4) is 0 Å². The van der Waals surface area contributed by atoms with Gasteiger partial charge in [-0.2, -0.15) is 0 Å². The first-order valence-corrected chi connectivity index (χ1v) is 7.13. The van der Waals surface area contributed by atoms with Crippen LogP contribution in [-0.4, -0.2) is 17.0 Å². The first-order chi connectivity index (χ1) is 7.25. The van der Waals surface area contributed by atoms with E-state index in [0.29, 0.717) is 12.1 Å². The molecule has 0 saturated carbocycles. The molecule has 2 rings (SSSR count). The van der Waals surface area contributed by atoms with Crippen LogP contribution in [0.5, 0.6) is 0 Å². The van der Waals surface area contributed by atoms with Gasteiger partial charge in [-0.1, -0.05) is 17.8 Å². The lowest BCUT2D eigenvalue weighted by Crippen LogP contribution is -2.27. The molecule has 2 atom stereocenters. The Labute approximate surface area is 99.2 Å². The van der Waals surface area contributed by atoms with Gasteiger partial charge in [0.15, 0.2) is 5.17 Å². The second-order valence-electron chi connectivity index (χ2n) is 3.80. The summed E-state index contributed by atoms with van der Waals surface area (Å²) in [7, 11) is 0. The van der Waals surface area contributed by atoms with Gasteiger partial charge in [0.05, 0.1) is 12.1 Å². The maximum Gasteiger partial charge on any atom is 0.157 e. The fourth-order valence-electron chi connectivity index (χ4n) is 1.50. The maximum absolute atomic E-state index is 4.61. The van der Waals surface area contributed by atoms with Crippen molar-refractivity contribution < 1.29 is 0 Å². The zero-order valence-electron chi connectivity index (χ0n) is 9.06. The van der Waals surface area contributed by atoms with Crippen LogP contribution >= 0.6 is 23.1 Å². The molecule has 2 unspecified atom stereocenters. The number of thiophene rings is 1. The molecule has 2 heterocycles. The quantitative estimate of drug-likeness (QED) is 0.858. The molecular formula is C11H16N2S2. The van der Waals surface area contributed by atoms with Crippen molar-refractivity contribution in [3.8, 4) is 0 Å². The van der Waals surface area contributed by atoms with Crippen molar-refractivity contribution in [2.45, 2.75) is 32.4 Å². The molecule has 1 aromatic heterocycles. The Balaban J connectivity index is 1.97. The average Bonchev–Trinajstić information content (AvgIpc) is 2.70. The van der Waals surface area contributed by atoms with Gasteiger partial charge in [0.25, 0.3) is 0 Å². The molecule has 1 aromatic rings. The molecule has 1 N–H and O–H groups in total. The van der Waals surface area contributed by atoms with Crippen LogP contribution in [0.2, 0.25) is 0 Å². The number of rotatable bonds is 2. The Hall–Kier alpha value is -0.480. The van der Waals surface area contributed by atoms with Gasteiger partial charge in [0.2, 0.25) is 0 Å². The van der Waals surface area contributed by atoms with Gasteiger partial charge in [-0.05, 0) is 31.7 Å². The molecule has 0 aromatic carbocycles. The minimum Gasteiger partial charge on any atom is -0.358 e. The summed E-state index contributed by atoms with van der Waals surface area (Å²) in [6.07, 6.45) is 1.20. The number of aliphatic imine (C=N–C) groups is 1. The maximum atomic E-state index is 4.61. The summed E-state index contributed by atoms with van der Waals surface area (Å²) in [5.41, 5.74) is 0. The fourth-order valence-corrected chi connectivity index (χ4v) is 3.40. The third-order valence-electron chi connectivity index (χ3n) is 2.42. The standard InChI is InChI=1S/C11H16N2S2/c1-8-5-7-15-11(12-8)13-9(2)10-4-3-6-14-10/h3-4,6,8-9H,5,7H2,1-2H3,(H,12,13). The zero-order chi connectivity index (χ0) is 10.7. The van der Waals surface area contributed by atoms with Crippen molar-refractivity contribution in [2.75, 3.05) is 5.75 Å². The summed E-state index contributed by atoms with van der Waals surface area (Å²) >= 11 is 3.63. The number of nitrogens with one attached hydrogen (secondary N) is 1. The molecule has 1 aliphatic rings. The van der Waals surface area contributed by atoms with E-state index in [4.69, 9.17) is 0 Å². The first-order valence-electron chi connectivity index (χ1n) is 5.26. The number of hydrogen-bond donors (Lipinski definition) is 1. The van der Waals surface area contributed by atoms with Gasteiger partial charge in [-0.3, -0.25) is 4.99 Å². The fraction of sp³-hybridized carbons (Fsp3) is 0.545. The minimum atomic E-state index is 0.376. The smallest absolute Gasteiger partial charge is 0.157 e. The van der Waals surface area contributed by atoms with E-state index in [9.17, 15) is 0 Å². The summed E-state index contributed by atoms with van der Waals surface area (Å²) in [4.78, 5) is 5.98. The van der Waals surface area contributed by atoms with Gasteiger partial charge in [0, 0.05) is 10.6 Å². The van der Waals surface area contributed by atoms with Crippen molar-refractivity contribution in [1.29, 1.82) is 0 Å². The van der Waals surface area contributed by atoms with Gasteiger partial charge in [0.1, 0.15) is 0 Å².